The average molecular weight is 589 g/mol. The zero-order valence-electron chi connectivity index (χ0n) is 24.6. The first kappa shape index (κ1) is 30.9. The molecule has 0 unspecified atom stereocenters. The van der Waals surface area contributed by atoms with E-state index >= 15 is 0 Å². The molecule has 2 heterocycles. The summed E-state index contributed by atoms with van der Waals surface area (Å²) in [6, 6.07) is 9.64. The third-order valence-corrected chi connectivity index (χ3v) is 9.10. The number of nitrogens with one attached hydrogen (secondary N) is 1. The molecule has 3 N–H and O–H groups in total. The number of piperidine rings is 1. The van der Waals surface area contributed by atoms with Crippen molar-refractivity contribution in [3.05, 3.63) is 47.5 Å². The zero-order valence-corrected chi connectivity index (χ0v) is 25.4. The number of benzene rings is 2. The maximum atomic E-state index is 12.9. The number of hydrogen-bond donors (Lipinski definition) is 3. The Hall–Kier alpha value is -3.02. The number of hydrogen-bond acceptors (Lipinski definition) is 8. The summed E-state index contributed by atoms with van der Waals surface area (Å²) in [5.74, 6) is -0.0300. The molecule has 0 atom stereocenters. The summed E-state index contributed by atoms with van der Waals surface area (Å²) in [6.45, 7) is 14.8. The molecule has 2 aliphatic rings. The number of anilines is 1. The molecule has 0 aromatic heterocycles. The number of nitrogens with zero attached hydrogens (tertiary/aromatic N) is 3. The van der Waals surface area contributed by atoms with Crippen molar-refractivity contribution in [1.82, 2.24) is 14.7 Å². The van der Waals surface area contributed by atoms with Crippen LogP contribution in [0.5, 0.6) is 11.5 Å². The highest BCUT2D eigenvalue weighted by molar-refractivity contribution is 7.92. The second-order valence-electron chi connectivity index (χ2n) is 12.1. The molecule has 226 valence electrons. The largest absolute Gasteiger partial charge is 0.508 e. The molecule has 1 amide bonds. The number of phenolic OH excluding ortho intramolecular Hbond substituents is 2. The van der Waals surface area contributed by atoms with E-state index in [-0.39, 0.29) is 16.7 Å². The monoisotopic (exact) mass is 588 g/mol. The number of aromatic hydroxyl groups is 2. The molecule has 0 aliphatic carbocycles. The SMILES string of the molecule is CCc1cc(S(=O)(=O)Nc2ccc(CN3CCN(CC4CCN(C(=O)OC(C)(C)C)CC4)CC3)cc2)c(O)cc1O. The van der Waals surface area contributed by atoms with Crippen molar-refractivity contribution in [3.63, 3.8) is 0 Å². The predicted molar refractivity (Wildman–Crippen MR) is 159 cm³/mol. The number of amides is 1. The number of rotatable bonds is 8. The topological polar surface area (TPSA) is 123 Å². The van der Waals surface area contributed by atoms with Gasteiger partial charge >= 0.3 is 6.09 Å². The molecule has 2 aliphatic heterocycles. The van der Waals surface area contributed by atoms with Gasteiger partial charge in [0.15, 0.2) is 0 Å². The molecule has 2 fully saturated rings. The molecular weight excluding hydrogens is 544 g/mol. The lowest BCUT2D eigenvalue weighted by Gasteiger charge is -2.39. The smallest absolute Gasteiger partial charge is 0.410 e. The van der Waals surface area contributed by atoms with Crippen LogP contribution in [0.4, 0.5) is 10.5 Å². The number of carbonyl (C=O) groups excluding carboxylic acids is 1. The first-order chi connectivity index (χ1) is 19.3. The Morgan fingerprint density at radius 1 is 0.951 bits per heavy atom. The van der Waals surface area contributed by atoms with Crippen molar-refractivity contribution in [1.29, 1.82) is 0 Å². The van der Waals surface area contributed by atoms with Crippen LogP contribution >= 0.6 is 0 Å². The minimum atomic E-state index is -4.02. The van der Waals surface area contributed by atoms with Crippen LogP contribution in [0.1, 0.15) is 51.7 Å². The van der Waals surface area contributed by atoms with Gasteiger partial charge in [0.2, 0.25) is 0 Å². The van der Waals surface area contributed by atoms with Crippen molar-refractivity contribution < 1.29 is 28.2 Å². The fourth-order valence-corrected chi connectivity index (χ4v) is 6.55. The van der Waals surface area contributed by atoms with Gasteiger partial charge in [0.25, 0.3) is 10.0 Å². The van der Waals surface area contributed by atoms with E-state index in [1.165, 1.54) is 6.07 Å². The van der Waals surface area contributed by atoms with Gasteiger partial charge in [0, 0.05) is 64.1 Å². The molecule has 0 spiro atoms. The highest BCUT2D eigenvalue weighted by Gasteiger charge is 2.28. The lowest BCUT2D eigenvalue weighted by Crippen LogP contribution is -2.49. The fourth-order valence-electron chi connectivity index (χ4n) is 5.36. The summed E-state index contributed by atoms with van der Waals surface area (Å²) in [6.07, 6.45) is 2.23. The van der Waals surface area contributed by atoms with E-state index in [9.17, 15) is 23.4 Å². The van der Waals surface area contributed by atoms with Gasteiger partial charge in [-0.15, -0.1) is 0 Å². The van der Waals surface area contributed by atoms with Gasteiger partial charge in [-0.1, -0.05) is 19.1 Å². The van der Waals surface area contributed by atoms with Crippen LogP contribution in [0.2, 0.25) is 0 Å². The molecule has 0 saturated carbocycles. The molecular formula is C30H44N4O6S. The van der Waals surface area contributed by atoms with Crippen LogP contribution in [0.25, 0.3) is 0 Å². The summed E-state index contributed by atoms with van der Waals surface area (Å²) in [5.41, 5.74) is 1.48. The van der Waals surface area contributed by atoms with E-state index in [0.29, 0.717) is 23.6 Å². The number of ether oxygens (including phenoxy) is 1. The van der Waals surface area contributed by atoms with E-state index in [4.69, 9.17) is 4.74 Å². The summed E-state index contributed by atoms with van der Waals surface area (Å²) < 4.78 is 33.8. The molecule has 2 saturated heterocycles. The van der Waals surface area contributed by atoms with E-state index in [1.54, 1.807) is 19.1 Å². The van der Waals surface area contributed by atoms with Crippen LogP contribution in [0.15, 0.2) is 41.3 Å². The van der Waals surface area contributed by atoms with E-state index in [0.717, 1.165) is 76.8 Å². The molecule has 4 rings (SSSR count). The Morgan fingerprint density at radius 3 is 2.15 bits per heavy atom. The summed E-state index contributed by atoms with van der Waals surface area (Å²) in [5, 5.41) is 20.0. The van der Waals surface area contributed by atoms with Crippen LogP contribution in [0.3, 0.4) is 0 Å². The number of aryl methyl sites for hydroxylation is 1. The number of likely N-dealkylation sites (tertiary alicyclic amines) is 1. The molecule has 0 bridgehead atoms. The van der Waals surface area contributed by atoms with Crippen molar-refractivity contribution >= 4 is 21.8 Å². The minimum Gasteiger partial charge on any atom is -0.508 e. The summed E-state index contributed by atoms with van der Waals surface area (Å²) in [4.78, 5) is 18.8. The first-order valence-corrected chi connectivity index (χ1v) is 15.9. The van der Waals surface area contributed by atoms with Crippen molar-refractivity contribution in [3.8, 4) is 11.5 Å². The van der Waals surface area contributed by atoms with Crippen molar-refractivity contribution in [2.75, 3.05) is 50.5 Å². The third-order valence-electron chi connectivity index (χ3n) is 7.69. The van der Waals surface area contributed by atoms with Gasteiger partial charge in [-0.3, -0.25) is 9.62 Å². The van der Waals surface area contributed by atoms with Crippen molar-refractivity contribution in [2.45, 2.75) is 64.0 Å². The minimum absolute atomic E-state index is 0.130. The highest BCUT2D eigenvalue weighted by Crippen LogP contribution is 2.32. The average Bonchev–Trinajstić information content (AvgIpc) is 2.90. The van der Waals surface area contributed by atoms with Crippen LogP contribution in [-0.2, 0) is 27.7 Å². The van der Waals surface area contributed by atoms with Gasteiger partial charge in [-0.2, -0.15) is 0 Å². The summed E-state index contributed by atoms with van der Waals surface area (Å²) >= 11 is 0. The zero-order chi connectivity index (χ0) is 29.8. The fraction of sp³-hybridized carbons (Fsp3) is 0.567. The maximum Gasteiger partial charge on any atom is 0.410 e. The number of phenols is 2. The van der Waals surface area contributed by atoms with Gasteiger partial charge < -0.3 is 24.7 Å². The standard InChI is InChI=1S/C30H44N4O6S/c1-5-24-18-28(27(36)19-26(24)35)41(38,39)31-25-8-6-22(7-9-25)20-32-14-16-33(17-15-32)21-23-10-12-34(13-11-23)29(37)40-30(2,3)4/h6-9,18-19,23,31,35-36H,5,10-17,20-21H2,1-4H3. The van der Waals surface area contributed by atoms with Gasteiger partial charge in [0.05, 0.1) is 0 Å². The van der Waals surface area contributed by atoms with Gasteiger partial charge in [-0.25, -0.2) is 13.2 Å². The normalized spacial score (nSPS) is 17.9. The highest BCUT2D eigenvalue weighted by atomic mass is 32.2. The molecule has 0 radical (unpaired) electrons. The number of carbonyl (C=O) groups is 1. The molecule has 11 heteroatoms. The van der Waals surface area contributed by atoms with Crippen LogP contribution in [0, 0.1) is 5.92 Å². The van der Waals surface area contributed by atoms with Gasteiger partial charge in [0.1, 0.15) is 22.0 Å². The Bertz CT molecular complexity index is 1290. The predicted octanol–water partition coefficient (Wildman–Crippen LogP) is 4.23. The van der Waals surface area contributed by atoms with Crippen molar-refractivity contribution in [2.24, 2.45) is 5.92 Å². The Morgan fingerprint density at radius 2 is 1.56 bits per heavy atom. The Kier molecular flexibility index (Phi) is 9.71. The van der Waals surface area contributed by atoms with Crippen LogP contribution in [-0.4, -0.2) is 90.8 Å². The molecule has 2 aromatic carbocycles. The van der Waals surface area contributed by atoms with E-state index < -0.39 is 21.4 Å². The van der Waals surface area contributed by atoms with E-state index in [1.807, 2.05) is 37.8 Å². The number of piperazine rings is 1. The quantitative estimate of drug-likeness (QED) is 0.419. The molecule has 41 heavy (non-hydrogen) atoms. The molecule has 10 nitrogen and oxygen atoms in total. The number of sulfonamides is 1. The van der Waals surface area contributed by atoms with E-state index in [2.05, 4.69) is 14.5 Å². The second-order valence-corrected chi connectivity index (χ2v) is 13.7. The Balaban J connectivity index is 1.22. The Labute approximate surface area is 243 Å². The second kappa shape index (κ2) is 12.9. The third kappa shape index (κ3) is 8.50. The first-order valence-electron chi connectivity index (χ1n) is 14.4. The molecule has 2 aromatic rings. The maximum absolute atomic E-state index is 12.9. The lowest BCUT2D eigenvalue weighted by molar-refractivity contribution is 0.0159. The van der Waals surface area contributed by atoms with Gasteiger partial charge in [-0.05, 0) is 75.3 Å². The summed E-state index contributed by atoms with van der Waals surface area (Å²) in [7, 11) is -4.02. The lowest BCUT2D eigenvalue weighted by atomic mass is 9.96. The van der Waals surface area contributed by atoms with Crippen LogP contribution < -0.4 is 4.72 Å².